The molecule has 1 saturated heterocycles. The van der Waals surface area contributed by atoms with Crippen LogP contribution in [0.15, 0.2) is 28.8 Å². The Labute approximate surface area is 163 Å². The van der Waals surface area contributed by atoms with Gasteiger partial charge in [-0.15, -0.1) is 23.1 Å². The van der Waals surface area contributed by atoms with Gasteiger partial charge >= 0.3 is 11.9 Å². The van der Waals surface area contributed by atoms with Crippen LogP contribution in [0.3, 0.4) is 0 Å². The van der Waals surface area contributed by atoms with Crippen LogP contribution in [0, 0.1) is 0 Å². The lowest BCUT2D eigenvalue weighted by molar-refractivity contribution is -0.151. The molecule has 0 saturated carbocycles. The summed E-state index contributed by atoms with van der Waals surface area (Å²) in [5.41, 5.74) is -0.387. The van der Waals surface area contributed by atoms with Crippen LogP contribution < -0.4 is 5.32 Å². The lowest BCUT2D eigenvalue weighted by Crippen LogP contribution is -2.70. The fraction of sp³-hybridized carbons (Fsp3) is 0.412. The summed E-state index contributed by atoms with van der Waals surface area (Å²) >= 11 is 2.68. The molecule has 8 nitrogen and oxygen atoms in total. The number of rotatable bonds is 7. The van der Waals surface area contributed by atoms with Crippen molar-refractivity contribution in [3.63, 3.8) is 0 Å². The first-order valence-corrected chi connectivity index (χ1v) is 10.3. The molecular weight excluding hydrogens is 392 g/mol. The van der Waals surface area contributed by atoms with Crippen molar-refractivity contribution in [3.8, 4) is 0 Å². The number of hydrogen-bond donors (Lipinski definition) is 2. The summed E-state index contributed by atoms with van der Waals surface area (Å²) in [6.07, 6.45) is 0.771. The highest BCUT2D eigenvalue weighted by atomic mass is 32.2. The van der Waals surface area contributed by atoms with E-state index < -0.39 is 29.3 Å². The van der Waals surface area contributed by atoms with Crippen LogP contribution in [0.2, 0.25) is 0 Å². The Morgan fingerprint density at radius 2 is 2.19 bits per heavy atom. The molecule has 2 atom stereocenters. The van der Waals surface area contributed by atoms with Gasteiger partial charge in [0.15, 0.2) is 0 Å². The number of carbonyl (C=O) groups is 4. The predicted molar refractivity (Wildman–Crippen MR) is 99.0 cm³/mol. The lowest BCUT2D eigenvalue weighted by atomic mass is 10.0. The van der Waals surface area contributed by atoms with Gasteiger partial charge in [0, 0.05) is 10.6 Å². The molecule has 0 aromatic carbocycles. The molecule has 2 amide bonds. The third kappa shape index (κ3) is 3.86. The third-order valence-electron chi connectivity index (χ3n) is 4.09. The number of fused-ring (bicyclic) bond motifs is 1. The smallest absolute Gasteiger partial charge is 0.353 e. The summed E-state index contributed by atoms with van der Waals surface area (Å²) in [6, 6.07) is 2.86. The average Bonchev–Trinajstić information content (AvgIpc) is 3.15. The van der Waals surface area contributed by atoms with E-state index in [0.717, 1.165) is 9.78 Å². The van der Waals surface area contributed by atoms with E-state index in [1.54, 1.807) is 0 Å². The van der Waals surface area contributed by atoms with Crippen molar-refractivity contribution in [2.45, 2.75) is 31.2 Å². The molecule has 0 aliphatic carbocycles. The van der Waals surface area contributed by atoms with Crippen molar-refractivity contribution in [1.29, 1.82) is 0 Å². The largest absolute Gasteiger partial charge is 0.477 e. The van der Waals surface area contributed by atoms with E-state index in [1.165, 1.54) is 23.1 Å². The minimum atomic E-state index is -1.36. The first kappa shape index (κ1) is 19.4. The van der Waals surface area contributed by atoms with Gasteiger partial charge in [0.2, 0.25) is 5.91 Å². The van der Waals surface area contributed by atoms with Crippen molar-refractivity contribution >= 4 is 46.9 Å². The maximum Gasteiger partial charge on any atom is 0.353 e. The Balaban J connectivity index is 1.72. The van der Waals surface area contributed by atoms with Crippen LogP contribution >= 0.6 is 23.1 Å². The maximum atomic E-state index is 12.5. The Morgan fingerprint density at radius 1 is 1.41 bits per heavy atom. The number of nitrogens with one attached hydrogen (secondary N) is 1. The minimum Gasteiger partial charge on any atom is -0.477 e. The summed E-state index contributed by atoms with van der Waals surface area (Å²) in [6.45, 7) is 2.01. The first-order chi connectivity index (χ1) is 12.9. The van der Waals surface area contributed by atoms with Gasteiger partial charge in [-0.05, 0) is 17.9 Å². The van der Waals surface area contributed by atoms with E-state index in [4.69, 9.17) is 4.74 Å². The van der Waals surface area contributed by atoms with E-state index in [2.05, 4.69) is 5.32 Å². The van der Waals surface area contributed by atoms with Gasteiger partial charge in [0.25, 0.3) is 5.91 Å². The number of esters is 1. The van der Waals surface area contributed by atoms with Gasteiger partial charge in [-0.1, -0.05) is 13.0 Å². The van der Waals surface area contributed by atoms with Gasteiger partial charge < -0.3 is 15.2 Å². The highest BCUT2D eigenvalue weighted by molar-refractivity contribution is 8.00. The minimum absolute atomic E-state index is 0.0334. The quantitative estimate of drug-likeness (QED) is 0.509. The molecule has 1 aromatic heterocycles. The van der Waals surface area contributed by atoms with Gasteiger partial charge in [0.1, 0.15) is 17.1 Å². The van der Waals surface area contributed by atoms with Gasteiger partial charge in [-0.3, -0.25) is 14.5 Å². The van der Waals surface area contributed by atoms with Crippen LogP contribution in [0.5, 0.6) is 0 Å². The topological polar surface area (TPSA) is 113 Å². The molecule has 27 heavy (non-hydrogen) atoms. The number of thioether (sulfide) groups is 1. The summed E-state index contributed by atoms with van der Waals surface area (Å²) < 4.78 is 5.02. The summed E-state index contributed by atoms with van der Waals surface area (Å²) in [4.78, 5) is 50.4. The van der Waals surface area contributed by atoms with E-state index in [1.807, 2.05) is 24.4 Å². The second-order valence-electron chi connectivity index (χ2n) is 5.98. The van der Waals surface area contributed by atoms with Gasteiger partial charge in [0.05, 0.1) is 18.6 Å². The average molecular weight is 410 g/mol. The zero-order chi connectivity index (χ0) is 19.6. The number of carbonyl (C=O) groups excluding carboxylic acids is 3. The number of ether oxygens (including phenoxy) is 1. The van der Waals surface area contributed by atoms with Crippen LogP contribution in [0.25, 0.3) is 0 Å². The molecule has 1 fully saturated rings. The highest BCUT2D eigenvalue weighted by Gasteiger charge is 2.55. The standard InChI is InChI=1S/C17H18N2O6S2/c1-2-5-25-17(24)10-8-27-15-12(14(21)19(15)13(10)16(22)23)18-11(20)7-9-4-3-6-26-9/h3-4,6,12,15H,2,5,7-8H2,1H3,(H,18,20)(H,22,23)/t12?,15-/m1/s1. The van der Waals surface area contributed by atoms with E-state index in [9.17, 15) is 24.3 Å². The van der Waals surface area contributed by atoms with Crippen molar-refractivity contribution < 1.29 is 29.0 Å². The molecule has 144 valence electrons. The van der Waals surface area contributed by atoms with E-state index >= 15 is 0 Å². The van der Waals surface area contributed by atoms with Crippen molar-refractivity contribution in [2.75, 3.05) is 12.4 Å². The maximum absolute atomic E-state index is 12.5. The summed E-state index contributed by atoms with van der Waals surface area (Å²) in [5.74, 6) is -2.82. The molecule has 2 N–H and O–H groups in total. The molecule has 1 unspecified atom stereocenters. The molecule has 2 aliphatic rings. The second kappa shape index (κ2) is 8.13. The van der Waals surface area contributed by atoms with Crippen LogP contribution in [0.1, 0.15) is 18.2 Å². The Bertz CT molecular complexity index is 804. The lowest BCUT2D eigenvalue weighted by Gasteiger charge is -2.49. The number of hydrogen-bond acceptors (Lipinski definition) is 7. The summed E-state index contributed by atoms with van der Waals surface area (Å²) in [7, 11) is 0. The number of nitrogens with zero attached hydrogens (tertiary/aromatic N) is 1. The SMILES string of the molecule is CCCOC(=O)C1=C(C(=O)O)N2C(=O)C(NC(=O)Cc3cccs3)[C@H]2SC1. The number of carboxylic acid groups (broad SMARTS) is 1. The third-order valence-corrected chi connectivity index (χ3v) is 6.24. The molecule has 3 rings (SSSR count). The van der Waals surface area contributed by atoms with Crippen molar-refractivity contribution in [2.24, 2.45) is 0 Å². The second-order valence-corrected chi connectivity index (χ2v) is 8.12. The molecule has 3 heterocycles. The van der Waals surface area contributed by atoms with Crippen molar-refractivity contribution in [1.82, 2.24) is 10.2 Å². The summed E-state index contributed by atoms with van der Waals surface area (Å²) in [5, 5.41) is 13.5. The molecule has 1 aromatic rings. The molecule has 0 radical (unpaired) electrons. The van der Waals surface area contributed by atoms with Crippen LogP contribution in [-0.4, -0.2) is 57.5 Å². The Hall–Kier alpha value is -2.33. The van der Waals surface area contributed by atoms with Gasteiger partial charge in [-0.2, -0.15) is 0 Å². The van der Waals surface area contributed by atoms with E-state index in [-0.39, 0.29) is 36.0 Å². The first-order valence-electron chi connectivity index (χ1n) is 8.34. The molecular formula is C17H18N2O6S2. The Kier molecular flexibility index (Phi) is 5.85. The predicted octanol–water partition coefficient (Wildman–Crippen LogP) is 0.982. The van der Waals surface area contributed by atoms with Crippen LogP contribution in [-0.2, 0) is 30.3 Å². The number of carboxylic acids is 1. The molecule has 2 aliphatic heterocycles. The zero-order valence-corrected chi connectivity index (χ0v) is 16.1. The number of aliphatic carboxylic acids is 1. The van der Waals surface area contributed by atoms with Gasteiger partial charge in [-0.25, -0.2) is 9.59 Å². The zero-order valence-electron chi connectivity index (χ0n) is 14.5. The number of amides is 2. The molecule has 10 heteroatoms. The van der Waals surface area contributed by atoms with E-state index in [0.29, 0.717) is 6.42 Å². The molecule has 0 spiro atoms. The fourth-order valence-corrected chi connectivity index (χ4v) is 4.88. The van der Waals surface area contributed by atoms with Crippen molar-refractivity contribution in [3.05, 3.63) is 33.7 Å². The highest BCUT2D eigenvalue weighted by Crippen LogP contribution is 2.40. The Morgan fingerprint density at radius 3 is 2.81 bits per heavy atom. The fourth-order valence-electron chi connectivity index (χ4n) is 2.85. The number of β-lactam (4-membered cyclic amide) rings is 1. The molecule has 0 bridgehead atoms. The van der Waals surface area contributed by atoms with Crippen LogP contribution in [0.4, 0.5) is 0 Å². The monoisotopic (exact) mass is 410 g/mol. The number of thiophene rings is 1. The normalized spacial score (nSPS) is 21.4.